The predicted octanol–water partition coefficient (Wildman–Crippen LogP) is 4.26. The van der Waals surface area contributed by atoms with Crippen molar-refractivity contribution in [3.8, 4) is 5.75 Å². The summed E-state index contributed by atoms with van der Waals surface area (Å²) in [5.74, 6) is 0.591. The Morgan fingerprint density at radius 1 is 1.20 bits per heavy atom. The monoisotopic (exact) mass is 427 g/mol. The first-order valence-electron chi connectivity index (χ1n) is 10.8. The fourth-order valence-electron chi connectivity index (χ4n) is 4.23. The Balaban J connectivity index is 1.38. The Bertz CT molecular complexity index is 905. The number of carbonyl (C=O) groups is 2. The van der Waals surface area contributed by atoms with Crippen LogP contribution in [0.15, 0.2) is 24.3 Å². The summed E-state index contributed by atoms with van der Waals surface area (Å²) >= 11 is 1.51. The maximum absolute atomic E-state index is 12.6. The van der Waals surface area contributed by atoms with Crippen molar-refractivity contribution < 1.29 is 14.3 Å². The molecule has 1 aromatic carbocycles. The van der Waals surface area contributed by atoms with Crippen LogP contribution in [0.3, 0.4) is 0 Å². The Hall–Kier alpha value is -2.41. The van der Waals surface area contributed by atoms with E-state index < -0.39 is 11.8 Å². The molecule has 6 nitrogen and oxygen atoms in total. The molecule has 1 saturated carbocycles. The zero-order valence-corrected chi connectivity index (χ0v) is 18.4. The van der Waals surface area contributed by atoms with Gasteiger partial charge in [-0.05, 0) is 61.6 Å². The van der Waals surface area contributed by atoms with Gasteiger partial charge < -0.3 is 10.1 Å². The predicted molar refractivity (Wildman–Crippen MR) is 118 cm³/mol. The molecule has 2 amide bonds. The third-order valence-electron chi connectivity index (χ3n) is 6.02. The second-order valence-electron chi connectivity index (χ2n) is 8.30. The van der Waals surface area contributed by atoms with Crippen LogP contribution in [0.2, 0.25) is 0 Å². The number of nitrogens with one attached hydrogen (secondary N) is 2. The Morgan fingerprint density at radius 3 is 2.63 bits per heavy atom. The number of thiazole rings is 1. The minimum atomic E-state index is -0.648. The number of aryl methyl sites for hydroxylation is 1. The standard InChI is InChI=1S/C23H29N3O3S/c1-3-4-14-5-12-18-19(13-14)30-23(24-18)26-22(28)21(27)25-20(15-6-7-15)16-8-10-17(29-2)11-9-16/h8-11,14-15,20H,3-7,12-13H2,1-2H3,(H,25,27)(H,24,26,28). The first-order chi connectivity index (χ1) is 14.6. The van der Waals surface area contributed by atoms with Crippen molar-refractivity contribution in [3.05, 3.63) is 40.4 Å². The van der Waals surface area contributed by atoms with E-state index in [1.54, 1.807) is 7.11 Å². The molecule has 7 heteroatoms. The van der Waals surface area contributed by atoms with Gasteiger partial charge in [0.2, 0.25) is 0 Å². The van der Waals surface area contributed by atoms with Crippen molar-refractivity contribution in [2.45, 2.75) is 57.9 Å². The average Bonchev–Trinajstić information content (AvgIpc) is 3.52. The first kappa shape index (κ1) is 20.8. The summed E-state index contributed by atoms with van der Waals surface area (Å²) in [7, 11) is 1.62. The summed E-state index contributed by atoms with van der Waals surface area (Å²) < 4.78 is 5.21. The molecule has 2 aliphatic carbocycles. The quantitative estimate of drug-likeness (QED) is 0.647. The first-order valence-corrected chi connectivity index (χ1v) is 11.6. The molecule has 0 aliphatic heterocycles. The van der Waals surface area contributed by atoms with E-state index in [9.17, 15) is 9.59 Å². The lowest BCUT2D eigenvalue weighted by Crippen LogP contribution is -2.38. The molecular formula is C23H29N3O3S. The molecule has 2 N–H and O–H groups in total. The lowest BCUT2D eigenvalue weighted by molar-refractivity contribution is -0.136. The van der Waals surface area contributed by atoms with Gasteiger partial charge in [0.05, 0.1) is 18.8 Å². The fourth-order valence-corrected chi connectivity index (χ4v) is 5.34. The smallest absolute Gasteiger partial charge is 0.315 e. The van der Waals surface area contributed by atoms with Crippen molar-refractivity contribution in [1.29, 1.82) is 0 Å². The zero-order valence-electron chi connectivity index (χ0n) is 17.6. The summed E-state index contributed by atoms with van der Waals surface area (Å²) in [6, 6.07) is 7.49. The molecule has 0 spiro atoms. The molecule has 2 unspecified atom stereocenters. The molecule has 2 aromatic rings. The molecule has 4 rings (SSSR count). The number of aromatic nitrogens is 1. The van der Waals surface area contributed by atoms with E-state index in [-0.39, 0.29) is 6.04 Å². The maximum atomic E-state index is 12.6. The van der Waals surface area contributed by atoms with Crippen LogP contribution >= 0.6 is 11.3 Å². The van der Waals surface area contributed by atoms with E-state index in [2.05, 4.69) is 22.5 Å². The number of methoxy groups -OCH3 is 1. The lowest BCUT2D eigenvalue weighted by Gasteiger charge is -2.19. The van der Waals surface area contributed by atoms with E-state index in [0.29, 0.717) is 17.0 Å². The van der Waals surface area contributed by atoms with E-state index in [0.717, 1.165) is 49.1 Å². The molecule has 1 heterocycles. The Morgan fingerprint density at radius 2 is 1.97 bits per heavy atom. The number of hydrogen-bond acceptors (Lipinski definition) is 5. The lowest BCUT2D eigenvalue weighted by atomic mass is 9.88. The third-order valence-corrected chi connectivity index (χ3v) is 7.06. The van der Waals surface area contributed by atoms with Gasteiger partial charge in [0.15, 0.2) is 5.13 Å². The van der Waals surface area contributed by atoms with Gasteiger partial charge in [-0.3, -0.25) is 14.9 Å². The molecule has 0 radical (unpaired) electrons. The van der Waals surface area contributed by atoms with Crippen LogP contribution in [-0.4, -0.2) is 23.9 Å². The normalized spacial score (nSPS) is 18.9. The topological polar surface area (TPSA) is 80.3 Å². The molecule has 30 heavy (non-hydrogen) atoms. The number of hydrogen-bond donors (Lipinski definition) is 2. The third kappa shape index (κ3) is 4.83. The Labute approximate surface area is 181 Å². The van der Waals surface area contributed by atoms with Crippen LogP contribution in [0.25, 0.3) is 0 Å². The molecule has 0 bridgehead atoms. The second-order valence-corrected chi connectivity index (χ2v) is 9.39. The van der Waals surface area contributed by atoms with Crippen LogP contribution in [0.1, 0.15) is 61.2 Å². The summed E-state index contributed by atoms with van der Waals surface area (Å²) in [5, 5.41) is 6.17. The molecule has 1 fully saturated rings. The molecule has 0 saturated heterocycles. The summed E-state index contributed by atoms with van der Waals surface area (Å²) in [6.07, 6.45) is 7.68. The SMILES string of the molecule is CCCC1CCc2nc(NC(=O)C(=O)NC(c3ccc(OC)cc3)C3CC3)sc2C1. The van der Waals surface area contributed by atoms with Crippen molar-refractivity contribution in [2.24, 2.45) is 11.8 Å². The van der Waals surface area contributed by atoms with Gasteiger partial charge in [0, 0.05) is 4.88 Å². The van der Waals surface area contributed by atoms with Crippen molar-refractivity contribution in [2.75, 3.05) is 12.4 Å². The molecule has 2 aliphatic rings. The van der Waals surface area contributed by atoms with E-state index >= 15 is 0 Å². The summed E-state index contributed by atoms with van der Waals surface area (Å²) in [6.45, 7) is 2.22. The zero-order chi connectivity index (χ0) is 21.1. The number of fused-ring (bicyclic) bond motifs is 1. The minimum Gasteiger partial charge on any atom is -0.497 e. The maximum Gasteiger partial charge on any atom is 0.315 e. The highest BCUT2D eigenvalue weighted by Crippen LogP contribution is 2.41. The van der Waals surface area contributed by atoms with Crippen molar-refractivity contribution in [3.63, 3.8) is 0 Å². The van der Waals surface area contributed by atoms with Gasteiger partial charge in [-0.25, -0.2) is 4.98 Å². The van der Waals surface area contributed by atoms with Gasteiger partial charge in [-0.1, -0.05) is 31.9 Å². The van der Waals surface area contributed by atoms with Crippen molar-refractivity contribution >= 4 is 28.3 Å². The van der Waals surface area contributed by atoms with Crippen LogP contribution in [0.4, 0.5) is 5.13 Å². The highest BCUT2D eigenvalue weighted by Gasteiger charge is 2.35. The van der Waals surface area contributed by atoms with E-state index in [1.165, 1.54) is 29.1 Å². The second kappa shape index (κ2) is 9.16. The van der Waals surface area contributed by atoms with Gasteiger partial charge in [-0.2, -0.15) is 0 Å². The number of nitrogens with zero attached hydrogens (tertiary/aromatic N) is 1. The van der Waals surface area contributed by atoms with Gasteiger partial charge in [0.25, 0.3) is 0 Å². The van der Waals surface area contributed by atoms with E-state index in [4.69, 9.17) is 4.74 Å². The van der Waals surface area contributed by atoms with Gasteiger partial charge >= 0.3 is 11.8 Å². The largest absolute Gasteiger partial charge is 0.497 e. The molecular weight excluding hydrogens is 398 g/mol. The van der Waals surface area contributed by atoms with Crippen LogP contribution < -0.4 is 15.4 Å². The van der Waals surface area contributed by atoms with E-state index in [1.807, 2.05) is 24.3 Å². The Kier molecular flexibility index (Phi) is 6.37. The number of rotatable bonds is 7. The number of amides is 2. The number of carbonyl (C=O) groups excluding carboxylic acids is 2. The van der Waals surface area contributed by atoms with Crippen LogP contribution in [0.5, 0.6) is 5.75 Å². The highest BCUT2D eigenvalue weighted by atomic mass is 32.1. The fraction of sp³-hybridized carbons (Fsp3) is 0.522. The minimum absolute atomic E-state index is 0.159. The number of anilines is 1. The number of benzene rings is 1. The number of ether oxygens (including phenoxy) is 1. The van der Waals surface area contributed by atoms with Crippen LogP contribution in [0, 0.1) is 11.8 Å². The summed E-state index contributed by atoms with van der Waals surface area (Å²) in [4.78, 5) is 30.9. The highest BCUT2D eigenvalue weighted by molar-refractivity contribution is 7.16. The molecule has 160 valence electrons. The molecule has 2 atom stereocenters. The average molecular weight is 428 g/mol. The van der Waals surface area contributed by atoms with Gasteiger partial charge in [-0.15, -0.1) is 11.3 Å². The van der Waals surface area contributed by atoms with Crippen LogP contribution in [-0.2, 0) is 22.4 Å². The van der Waals surface area contributed by atoms with Gasteiger partial charge in [0.1, 0.15) is 5.75 Å². The molecule has 1 aromatic heterocycles. The van der Waals surface area contributed by atoms with Crippen molar-refractivity contribution in [1.82, 2.24) is 10.3 Å². The summed E-state index contributed by atoms with van der Waals surface area (Å²) in [5.41, 5.74) is 2.07.